The number of carbonyl (C=O) groups excluding carboxylic acids is 1. The van der Waals surface area contributed by atoms with Crippen molar-refractivity contribution in [3.63, 3.8) is 0 Å². The molecule has 2 aliphatic rings. The molecule has 2 N–H and O–H groups in total. The third kappa shape index (κ3) is 4.89. The van der Waals surface area contributed by atoms with E-state index in [2.05, 4.69) is 10.2 Å². The Hall–Kier alpha value is -4.12. The summed E-state index contributed by atoms with van der Waals surface area (Å²) in [7, 11) is 0. The van der Waals surface area contributed by atoms with Crippen LogP contribution in [0.25, 0.3) is 32.8 Å². The minimum absolute atomic E-state index is 0.00720. The molecule has 2 aromatic heterocycles. The highest BCUT2D eigenvalue weighted by atomic mass is 19.2. The molecule has 0 bridgehead atoms. The topological polar surface area (TPSA) is 118 Å². The van der Waals surface area contributed by atoms with Crippen LogP contribution in [-0.2, 0) is 14.3 Å². The number of rotatable bonds is 7. The first-order valence-corrected chi connectivity index (χ1v) is 12.8. The number of carboxylic acid groups (broad SMARTS) is 1. The predicted octanol–water partition coefficient (Wildman–Crippen LogP) is 4.26. The second-order valence-corrected chi connectivity index (χ2v) is 10.1. The van der Waals surface area contributed by atoms with Crippen LogP contribution in [-0.4, -0.2) is 70.0 Å². The molecule has 2 saturated heterocycles. The number of nitrogens with one attached hydrogen (secondary N) is 1. The van der Waals surface area contributed by atoms with Gasteiger partial charge in [-0.15, -0.1) is 0 Å². The second kappa shape index (κ2) is 10.2. The van der Waals surface area contributed by atoms with E-state index in [0.29, 0.717) is 54.1 Å². The molecule has 2 aliphatic heterocycles. The van der Waals surface area contributed by atoms with Gasteiger partial charge in [0.05, 0.1) is 24.0 Å². The zero-order chi connectivity index (χ0) is 27.1. The lowest BCUT2D eigenvalue weighted by Gasteiger charge is -2.26. The Kier molecular flexibility index (Phi) is 6.59. The lowest BCUT2D eigenvalue weighted by atomic mass is 9.87. The van der Waals surface area contributed by atoms with Crippen molar-refractivity contribution in [2.24, 2.45) is 5.92 Å². The van der Waals surface area contributed by atoms with E-state index in [9.17, 15) is 18.4 Å². The number of aromatic amines is 1. The molecule has 9 nitrogen and oxygen atoms in total. The Morgan fingerprint density at radius 1 is 1.15 bits per heavy atom. The molecule has 6 rings (SSSR count). The predicted molar refractivity (Wildman–Crippen MR) is 137 cm³/mol. The Morgan fingerprint density at radius 3 is 2.74 bits per heavy atom. The summed E-state index contributed by atoms with van der Waals surface area (Å²) in [6.07, 6.45) is 3.31. The van der Waals surface area contributed by atoms with Crippen LogP contribution in [0.4, 0.5) is 8.78 Å². The highest BCUT2D eigenvalue weighted by Gasteiger charge is 2.32. The van der Waals surface area contributed by atoms with E-state index in [1.807, 2.05) is 12.1 Å². The third-order valence-electron chi connectivity index (χ3n) is 7.45. The maximum absolute atomic E-state index is 14.4. The number of hydrogen-bond acceptors (Lipinski definition) is 6. The second-order valence-electron chi connectivity index (χ2n) is 10.1. The quantitative estimate of drug-likeness (QED) is 0.362. The van der Waals surface area contributed by atoms with Crippen molar-refractivity contribution in [2.75, 3.05) is 32.9 Å². The van der Waals surface area contributed by atoms with Crippen molar-refractivity contribution in [1.29, 1.82) is 0 Å². The van der Waals surface area contributed by atoms with Gasteiger partial charge in [-0.25, -0.2) is 13.8 Å². The number of aliphatic carboxylic acids is 1. The number of pyridine rings is 1. The van der Waals surface area contributed by atoms with Gasteiger partial charge in [-0.3, -0.25) is 14.7 Å². The number of carboxylic acids is 1. The average Bonchev–Trinajstić information content (AvgIpc) is 3.53. The number of carbonyl (C=O) groups is 2. The molecule has 4 heterocycles. The molecule has 4 aromatic rings. The fraction of sp³-hybridized carbons (Fsp3) is 0.357. The van der Waals surface area contributed by atoms with Gasteiger partial charge < -0.3 is 19.5 Å². The van der Waals surface area contributed by atoms with E-state index < -0.39 is 17.6 Å². The number of ether oxygens (including phenoxy) is 2. The zero-order valence-corrected chi connectivity index (χ0v) is 21.0. The number of likely N-dealkylation sites (tertiary alicyclic amines) is 1. The van der Waals surface area contributed by atoms with Crippen molar-refractivity contribution in [3.8, 4) is 17.0 Å². The van der Waals surface area contributed by atoms with Gasteiger partial charge in [0.15, 0.2) is 11.6 Å². The molecule has 39 heavy (non-hydrogen) atoms. The van der Waals surface area contributed by atoms with Crippen LogP contribution >= 0.6 is 0 Å². The van der Waals surface area contributed by atoms with Gasteiger partial charge in [0.25, 0.3) is 0 Å². The first kappa shape index (κ1) is 25.2. The molecule has 0 aliphatic carbocycles. The van der Waals surface area contributed by atoms with Gasteiger partial charge >= 0.3 is 5.97 Å². The van der Waals surface area contributed by atoms with Crippen LogP contribution in [0, 0.1) is 17.6 Å². The molecule has 1 amide bonds. The summed E-state index contributed by atoms with van der Waals surface area (Å²) in [6, 6.07) is 7.67. The van der Waals surface area contributed by atoms with Crippen LogP contribution < -0.4 is 4.74 Å². The minimum Gasteiger partial charge on any atom is -0.480 e. The normalized spacial score (nSPS) is 18.4. The summed E-state index contributed by atoms with van der Waals surface area (Å²) in [5.41, 5.74) is 2.68. The number of nitrogens with zero attached hydrogens (tertiary/aromatic N) is 3. The summed E-state index contributed by atoms with van der Waals surface area (Å²) < 4.78 is 40.2. The van der Waals surface area contributed by atoms with E-state index in [4.69, 9.17) is 19.6 Å². The van der Waals surface area contributed by atoms with Crippen LogP contribution in [0.2, 0.25) is 0 Å². The summed E-state index contributed by atoms with van der Waals surface area (Å²) in [6.45, 7) is 1.23. The minimum atomic E-state index is -1.06. The van der Waals surface area contributed by atoms with Crippen molar-refractivity contribution in [1.82, 2.24) is 20.1 Å². The van der Waals surface area contributed by atoms with E-state index in [1.165, 1.54) is 11.0 Å². The standard InChI is InChI=1S/C28H26F2N4O5/c29-21-2-1-17(9-22(21)30)26-19-8-18-11-31-33-23(18)10-20(19)28(32-27(26)16-3-5-38-6-4-16)39-14-15-7-24(35)34(12-15)13-25(36)37/h1-2,8-11,15-16H,3-7,12-14H2,(H,31,33)(H,36,37). The van der Waals surface area contributed by atoms with E-state index in [1.54, 1.807) is 12.3 Å². The van der Waals surface area contributed by atoms with Gasteiger partial charge in [0.1, 0.15) is 6.54 Å². The molecule has 2 fully saturated rings. The van der Waals surface area contributed by atoms with Crippen LogP contribution in [0.15, 0.2) is 36.5 Å². The molecule has 0 radical (unpaired) electrons. The molecular formula is C28H26F2N4O5. The lowest BCUT2D eigenvalue weighted by Crippen LogP contribution is -2.31. The SMILES string of the molecule is O=C(O)CN1CC(COc2nc(C3CCOCC3)c(-c3ccc(F)c(F)c3)c3cc4cn[nH]c4cc23)CC1=O. The molecule has 1 unspecified atom stereocenters. The molecular weight excluding hydrogens is 510 g/mol. The Morgan fingerprint density at radius 2 is 1.97 bits per heavy atom. The Labute approximate surface area is 221 Å². The summed E-state index contributed by atoms with van der Waals surface area (Å²) >= 11 is 0. The summed E-state index contributed by atoms with van der Waals surface area (Å²) in [5.74, 6) is -2.98. The highest BCUT2D eigenvalue weighted by Crippen LogP contribution is 2.43. The van der Waals surface area contributed by atoms with Gasteiger partial charge in [-0.2, -0.15) is 5.10 Å². The molecule has 202 valence electrons. The van der Waals surface area contributed by atoms with E-state index in [0.717, 1.165) is 22.4 Å². The number of hydrogen-bond donors (Lipinski definition) is 2. The number of fused-ring (bicyclic) bond motifs is 2. The highest BCUT2D eigenvalue weighted by molar-refractivity contribution is 6.06. The fourth-order valence-electron chi connectivity index (χ4n) is 5.55. The van der Waals surface area contributed by atoms with Crippen LogP contribution in [0.3, 0.4) is 0 Å². The summed E-state index contributed by atoms with van der Waals surface area (Å²) in [4.78, 5) is 29.7. The molecule has 0 saturated carbocycles. The van der Waals surface area contributed by atoms with Crippen molar-refractivity contribution >= 4 is 33.6 Å². The molecule has 1 atom stereocenters. The maximum Gasteiger partial charge on any atom is 0.323 e. The monoisotopic (exact) mass is 536 g/mol. The third-order valence-corrected chi connectivity index (χ3v) is 7.45. The first-order valence-electron chi connectivity index (χ1n) is 12.8. The molecule has 2 aromatic carbocycles. The van der Waals surface area contributed by atoms with Crippen molar-refractivity contribution < 1.29 is 33.0 Å². The van der Waals surface area contributed by atoms with Crippen molar-refractivity contribution in [3.05, 3.63) is 53.9 Å². The average molecular weight is 537 g/mol. The van der Waals surface area contributed by atoms with Crippen LogP contribution in [0.1, 0.15) is 30.9 Å². The fourth-order valence-corrected chi connectivity index (χ4v) is 5.55. The number of amides is 1. The number of halogens is 2. The lowest BCUT2D eigenvalue weighted by molar-refractivity contribution is -0.142. The Balaban J connectivity index is 1.46. The largest absolute Gasteiger partial charge is 0.480 e. The summed E-state index contributed by atoms with van der Waals surface area (Å²) in [5, 5.41) is 18.4. The number of H-pyrrole nitrogens is 1. The first-order chi connectivity index (χ1) is 18.9. The Bertz CT molecular complexity index is 1580. The number of benzene rings is 2. The van der Waals surface area contributed by atoms with Gasteiger partial charge in [-0.05, 0) is 48.1 Å². The van der Waals surface area contributed by atoms with E-state index >= 15 is 0 Å². The van der Waals surface area contributed by atoms with Crippen molar-refractivity contribution in [2.45, 2.75) is 25.2 Å². The zero-order valence-electron chi connectivity index (χ0n) is 21.0. The van der Waals surface area contributed by atoms with Gasteiger partial charge in [0.2, 0.25) is 11.8 Å². The maximum atomic E-state index is 14.4. The van der Waals surface area contributed by atoms with Crippen LogP contribution in [0.5, 0.6) is 5.88 Å². The molecule has 0 spiro atoms. The van der Waals surface area contributed by atoms with Gasteiger partial charge in [-0.1, -0.05) is 6.07 Å². The van der Waals surface area contributed by atoms with Gasteiger partial charge in [0, 0.05) is 54.4 Å². The van der Waals surface area contributed by atoms with E-state index in [-0.39, 0.29) is 43.9 Å². The smallest absolute Gasteiger partial charge is 0.323 e. The molecule has 11 heteroatoms. The number of aromatic nitrogens is 3.